The second-order valence-corrected chi connectivity index (χ2v) is 4.57. The molecule has 3 nitrogen and oxygen atoms in total. The summed E-state index contributed by atoms with van der Waals surface area (Å²) in [5.74, 6) is 0. The first-order valence-corrected chi connectivity index (χ1v) is 6.26. The van der Waals surface area contributed by atoms with Gasteiger partial charge in [-0.3, -0.25) is 15.8 Å². The maximum absolute atomic E-state index is 7.57. The summed E-state index contributed by atoms with van der Waals surface area (Å²) in [6, 6.07) is 5.86. The molecule has 88 valence electrons. The van der Waals surface area contributed by atoms with Crippen LogP contribution < -0.4 is 10.4 Å². The van der Waals surface area contributed by atoms with Crippen molar-refractivity contribution in [2.75, 3.05) is 17.8 Å². The van der Waals surface area contributed by atoms with E-state index in [0.29, 0.717) is 5.17 Å². The normalized spacial score (nSPS) is 13.0. The zero-order chi connectivity index (χ0) is 10.8. The molecule has 6 heteroatoms. The van der Waals surface area contributed by atoms with E-state index in [-0.39, 0.29) is 24.0 Å². The lowest BCUT2D eigenvalue weighted by atomic mass is 10.2. The maximum Gasteiger partial charge on any atom is 0.172 e. The van der Waals surface area contributed by atoms with E-state index < -0.39 is 0 Å². The summed E-state index contributed by atoms with van der Waals surface area (Å²) >= 11 is 7.31. The molecule has 1 heterocycles. The molecule has 0 bridgehead atoms. The number of halogens is 2. The molecule has 1 aliphatic heterocycles. The van der Waals surface area contributed by atoms with Gasteiger partial charge in [-0.2, -0.15) is 0 Å². The number of benzene rings is 1. The van der Waals surface area contributed by atoms with E-state index in [9.17, 15) is 0 Å². The second kappa shape index (κ2) is 5.97. The number of rotatable bonds is 1. The molecule has 1 aliphatic rings. The summed E-state index contributed by atoms with van der Waals surface area (Å²) in [5, 5.41) is 10.8. The van der Waals surface area contributed by atoms with Crippen molar-refractivity contribution in [2.24, 2.45) is 0 Å². The average Bonchev–Trinajstić information content (AvgIpc) is 2.60. The van der Waals surface area contributed by atoms with Crippen LogP contribution in [0.2, 0.25) is 5.02 Å². The van der Waals surface area contributed by atoms with Crippen LogP contribution in [-0.2, 0) is 6.42 Å². The number of anilines is 1. The Morgan fingerprint density at radius 1 is 1.56 bits per heavy atom. The van der Waals surface area contributed by atoms with Crippen LogP contribution in [0.3, 0.4) is 0 Å². The van der Waals surface area contributed by atoms with Gasteiger partial charge in [0.15, 0.2) is 5.17 Å². The minimum atomic E-state index is 0. The van der Waals surface area contributed by atoms with Gasteiger partial charge in [0.2, 0.25) is 0 Å². The van der Waals surface area contributed by atoms with Gasteiger partial charge in [0.1, 0.15) is 0 Å². The lowest BCUT2D eigenvalue weighted by molar-refractivity contribution is 0.805. The van der Waals surface area contributed by atoms with Crippen LogP contribution in [0.15, 0.2) is 18.2 Å². The van der Waals surface area contributed by atoms with Gasteiger partial charge >= 0.3 is 0 Å². The van der Waals surface area contributed by atoms with Crippen LogP contribution in [0.5, 0.6) is 0 Å². The van der Waals surface area contributed by atoms with Gasteiger partial charge in [0, 0.05) is 11.6 Å². The van der Waals surface area contributed by atoms with Crippen molar-refractivity contribution in [1.29, 1.82) is 5.41 Å². The van der Waals surface area contributed by atoms with Crippen molar-refractivity contribution in [1.82, 2.24) is 5.43 Å². The molecule has 0 aromatic heterocycles. The third-order valence-corrected chi connectivity index (χ3v) is 3.11. The molecular formula is C10H13ClIN3S. The fourth-order valence-electron chi connectivity index (χ4n) is 1.65. The van der Waals surface area contributed by atoms with E-state index in [1.165, 1.54) is 17.3 Å². The van der Waals surface area contributed by atoms with E-state index in [0.717, 1.165) is 23.7 Å². The molecule has 0 radical (unpaired) electrons. The molecule has 2 rings (SSSR count). The van der Waals surface area contributed by atoms with Crippen LogP contribution in [0.1, 0.15) is 5.56 Å². The fraction of sp³-hybridized carbons (Fsp3) is 0.300. The lowest BCUT2D eigenvalue weighted by Gasteiger charge is -2.20. The van der Waals surface area contributed by atoms with Crippen molar-refractivity contribution in [3.63, 3.8) is 0 Å². The number of nitrogens with one attached hydrogen (secondary N) is 2. The first-order valence-electron chi connectivity index (χ1n) is 4.66. The molecule has 16 heavy (non-hydrogen) atoms. The highest BCUT2D eigenvalue weighted by molar-refractivity contribution is 14.0. The summed E-state index contributed by atoms with van der Waals surface area (Å²) in [7, 11) is 0. The third kappa shape index (κ3) is 2.95. The van der Waals surface area contributed by atoms with Crippen molar-refractivity contribution in [3.05, 3.63) is 28.8 Å². The Morgan fingerprint density at radius 3 is 3.00 bits per heavy atom. The Balaban J connectivity index is 0.00000128. The largest absolute Gasteiger partial charge is 0.286 e. The molecular weight excluding hydrogens is 357 g/mol. The van der Waals surface area contributed by atoms with Crippen molar-refractivity contribution in [3.8, 4) is 0 Å². The lowest BCUT2D eigenvalue weighted by Crippen LogP contribution is -2.39. The standard InChI is InChI=1S/C10H12ClN3S.HI/c1-15-10(12)13-14-5-4-7-6-8(11)2-3-9(7)14;/h2-3,6H,4-5H2,1H3,(H2,12,13);1H. The molecule has 2 N–H and O–H groups in total. The number of amidine groups is 1. The first kappa shape index (κ1) is 13.9. The summed E-state index contributed by atoms with van der Waals surface area (Å²) in [6.45, 7) is 0.888. The van der Waals surface area contributed by atoms with Gasteiger partial charge in [-0.1, -0.05) is 23.4 Å². The quantitative estimate of drug-likeness (QED) is 0.454. The van der Waals surface area contributed by atoms with E-state index >= 15 is 0 Å². The van der Waals surface area contributed by atoms with Crippen molar-refractivity contribution in [2.45, 2.75) is 6.42 Å². The number of fused-ring (bicyclic) bond motifs is 1. The summed E-state index contributed by atoms with van der Waals surface area (Å²) < 4.78 is 0. The van der Waals surface area contributed by atoms with Gasteiger partial charge in [-0.15, -0.1) is 24.0 Å². The average molecular weight is 370 g/mol. The highest BCUT2D eigenvalue weighted by Crippen LogP contribution is 2.29. The highest BCUT2D eigenvalue weighted by Gasteiger charge is 2.19. The molecule has 0 unspecified atom stereocenters. The number of hydrazine groups is 1. The summed E-state index contributed by atoms with van der Waals surface area (Å²) in [5.41, 5.74) is 5.40. The van der Waals surface area contributed by atoms with Gasteiger partial charge in [0.25, 0.3) is 0 Å². The molecule has 0 saturated carbocycles. The van der Waals surface area contributed by atoms with Gasteiger partial charge in [0.05, 0.1) is 5.69 Å². The Bertz CT molecular complexity index is 400. The SMILES string of the molecule is CSC(=N)NN1CCc2cc(Cl)ccc21.I. The Labute approximate surface area is 121 Å². The Morgan fingerprint density at radius 2 is 2.31 bits per heavy atom. The molecule has 1 aromatic carbocycles. The predicted octanol–water partition coefficient (Wildman–Crippen LogP) is 3.12. The van der Waals surface area contributed by atoms with Crippen LogP contribution in [-0.4, -0.2) is 18.0 Å². The van der Waals surface area contributed by atoms with E-state index in [1.54, 1.807) is 0 Å². The first-order chi connectivity index (χ1) is 7.20. The fourth-order valence-corrected chi connectivity index (χ4v) is 2.05. The predicted molar refractivity (Wildman–Crippen MR) is 82.3 cm³/mol. The summed E-state index contributed by atoms with van der Waals surface area (Å²) in [4.78, 5) is 0. The molecule has 0 fully saturated rings. The molecule has 0 aliphatic carbocycles. The zero-order valence-electron chi connectivity index (χ0n) is 8.79. The van der Waals surface area contributed by atoms with E-state index in [4.69, 9.17) is 17.0 Å². The van der Waals surface area contributed by atoms with Crippen LogP contribution in [0.4, 0.5) is 5.69 Å². The number of nitrogens with zero attached hydrogens (tertiary/aromatic N) is 1. The summed E-state index contributed by atoms with van der Waals surface area (Å²) in [6.07, 6.45) is 2.86. The smallest absolute Gasteiger partial charge is 0.172 e. The second-order valence-electron chi connectivity index (χ2n) is 3.32. The topological polar surface area (TPSA) is 39.1 Å². The third-order valence-electron chi connectivity index (χ3n) is 2.38. The van der Waals surface area contributed by atoms with Crippen LogP contribution >= 0.6 is 47.3 Å². The zero-order valence-corrected chi connectivity index (χ0v) is 12.7. The molecule has 1 aromatic rings. The molecule has 0 amide bonds. The minimum absolute atomic E-state index is 0. The Hall–Kier alpha value is -0.140. The van der Waals surface area contributed by atoms with Crippen molar-refractivity contribution < 1.29 is 0 Å². The van der Waals surface area contributed by atoms with Crippen LogP contribution in [0, 0.1) is 5.41 Å². The van der Waals surface area contributed by atoms with Gasteiger partial charge in [-0.05, 0) is 36.4 Å². The molecule has 0 saturated heterocycles. The maximum atomic E-state index is 7.57. The monoisotopic (exact) mass is 369 g/mol. The minimum Gasteiger partial charge on any atom is -0.286 e. The van der Waals surface area contributed by atoms with Gasteiger partial charge < -0.3 is 0 Å². The molecule has 0 spiro atoms. The molecule has 0 atom stereocenters. The van der Waals surface area contributed by atoms with Crippen LogP contribution in [0.25, 0.3) is 0 Å². The van der Waals surface area contributed by atoms with E-state index in [1.807, 2.05) is 29.5 Å². The number of thioether (sulfide) groups is 1. The Kier molecular flexibility index (Phi) is 5.20. The van der Waals surface area contributed by atoms with E-state index in [2.05, 4.69) is 5.43 Å². The number of hydrogen-bond acceptors (Lipinski definition) is 3. The van der Waals surface area contributed by atoms with Crippen molar-refractivity contribution >= 4 is 58.2 Å². The van der Waals surface area contributed by atoms with Gasteiger partial charge in [-0.25, -0.2) is 0 Å². The number of hydrogen-bond donors (Lipinski definition) is 2. The highest BCUT2D eigenvalue weighted by atomic mass is 127.